The van der Waals surface area contributed by atoms with Crippen molar-refractivity contribution in [3.8, 4) is 0 Å². The molecular weight excluding hydrogens is 260 g/mol. The highest BCUT2D eigenvalue weighted by atomic mass is 35.5. The molecule has 1 atom stereocenters. The Morgan fingerprint density at radius 3 is 2.68 bits per heavy atom. The lowest BCUT2D eigenvalue weighted by Crippen LogP contribution is -2.00. The molecule has 1 unspecified atom stereocenters. The Hall–Kier alpha value is -1.97. The molecule has 19 heavy (non-hydrogen) atoms. The molecule has 94 valence electrons. The summed E-state index contributed by atoms with van der Waals surface area (Å²) < 4.78 is 0. The third-order valence-electron chi connectivity index (χ3n) is 2.99. The van der Waals surface area contributed by atoms with Crippen LogP contribution >= 0.6 is 11.6 Å². The van der Waals surface area contributed by atoms with Crippen molar-refractivity contribution in [3.63, 3.8) is 0 Å². The van der Waals surface area contributed by atoms with Gasteiger partial charge in [-0.05, 0) is 29.8 Å². The maximum absolute atomic E-state index is 10.3. The van der Waals surface area contributed by atoms with Gasteiger partial charge in [-0.1, -0.05) is 29.8 Å². The third-order valence-corrected chi connectivity index (χ3v) is 3.20. The van der Waals surface area contributed by atoms with E-state index in [9.17, 15) is 5.11 Å². The zero-order valence-electron chi connectivity index (χ0n) is 9.99. The minimum absolute atomic E-state index is 0.366. The lowest BCUT2D eigenvalue weighted by molar-refractivity contribution is 0.220. The van der Waals surface area contributed by atoms with Crippen LogP contribution in [-0.2, 0) is 0 Å². The number of pyridine rings is 2. The number of benzene rings is 1. The number of hydrogen-bond acceptors (Lipinski definition) is 3. The van der Waals surface area contributed by atoms with Gasteiger partial charge in [0.2, 0.25) is 0 Å². The Balaban J connectivity index is 2.04. The predicted octanol–water partition coefficient (Wildman–Crippen LogP) is 3.36. The van der Waals surface area contributed by atoms with Gasteiger partial charge >= 0.3 is 0 Å². The highest BCUT2D eigenvalue weighted by molar-refractivity contribution is 6.29. The molecule has 1 N–H and O–H groups in total. The van der Waals surface area contributed by atoms with Crippen LogP contribution in [-0.4, -0.2) is 15.1 Å². The second-order valence-electron chi connectivity index (χ2n) is 4.28. The number of hydrogen-bond donors (Lipinski definition) is 1. The molecule has 0 radical (unpaired) electrons. The van der Waals surface area contributed by atoms with Crippen LogP contribution in [0.2, 0.25) is 5.15 Å². The summed E-state index contributed by atoms with van der Waals surface area (Å²) in [4.78, 5) is 8.25. The fraction of sp³-hybridized carbons (Fsp3) is 0.0667. The van der Waals surface area contributed by atoms with E-state index in [0.29, 0.717) is 10.7 Å². The van der Waals surface area contributed by atoms with E-state index in [0.717, 1.165) is 16.5 Å². The third kappa shape index (κ3) is 2.43. The van der Waals surface area contributed by atoms with Crippen LogP contribution in [0.4, 0.5) is 0 Å². The van der Waals surface area contributed by atoms with Gasteiger partial charge in [-0.25, -0.2) is 4.98 Å². The molecule has 4 heteroatoms. The number of fused-ring (bicyclic) bond motifs is 1. The molecule has 0 bridgehead atoms. The predicted molar refractivity (Wildman–Crippen MR) is 75.1 cm³/mol. The summed E-state index contributed by atoms with van der Waals surface area (Å²) in [7, 11) is 0. The fourth-order valence-electron chi connectivity index (χ4n) is 2.02. The van der Waals surface area contributed by atoms with Gasteiger partial charge in [0.15, 0.2) is 0 Å². The van der Waals surface area contributed by atoms with Crippen LogP contribution in [0.25, 0.3) is 10.9 Å². The summed E-state index contributed by atoms with van der Waals surface area (Å²) in [6.07, 6.45) is 2.51. The molecular formula is C15H11ClN2O. The van der Waals surface area contributed by atoms with E-state index in [1.54, 1.807) is 24.5 Å². The zero-order valence-corrected chi connectivity index (χ0v) is 10.7. The molecule has 2 heterocycles. The van der Waals surface area contributed by atoms with Crippen molar-refractivity contribution in [1.82, 2.24) is 9.97 Å². The van der Waals surface area contributed by atoms with E-state index in [-0.39, 0.29) is 0 Å². The van der Waals surface area contributed by atoms with E-state index in [4.69, 9.17) is 11.6 Å². The summed E-state index contributed by atoms with van der Waals surface area (Å²) in [5.74, 6) is 0. The molecule has 0 amide bonds. The van der Waals surface area contributed by atoms with Crippen LogP contribution in [0.15, 0.2) is 54.9 Å². The first kappa shape index (κ1) is 12.1. The first-order valence-corrected chi connectivity index (χ1v) is 6.26. The van der Waals surface area contributed by atoms with Crippen molar-refractivity contribution >= 4 is 22.5 Å². The Morgan fingerprint density at radius 2 is 1.84 bits per heavy atom. The van der Waals surface area contributed by atoms with E-state index in [1.165, 1.54) is 0 Å². The molecule has 0 aliphatic carbocycles. The molecule has 0 aliphatic rings. The van der Waals surface area contributed by atoms with Crippen molar-refractivity contribution < 1.29 is 5.11 Å². The van der Waals surface area contributed by atoms with Gasteiger partial charge < -0.3 is 5.11 Å². The zero-order chi connectivity index (χ0) is 13.2. The smallest absolute Gasteiger partial charge is 0.129 e. The topological polar surface area (TPSA) is 46.0 Å². The number of aliphatic hydroxyl groups excluding tert-OH is 1. The van der Waals surface area contributed by atoms with Gasteiger partial charge in [-0.2, -0.15) is 0 Å². The minimum atomic E-state index is -0.752. The van der Waals surface area contributed by atoms with Crippen LogP contribution in [0, 0.1) is 0 Å². The first-order chi connectivity index (χ1) is 9.24. The Labute approximate surface area is 115 Å². The summed E-state index contributed by atoms with van der Waals surface area (Å²) in [5, 5.41) is 11.7. The van der Waals surface area contributed by atoms with Crippen LogP contribution < -0.4 is 0 Å². The summed E-state index contributed by atoms with van der Waals surface area (Å²) in [5.41, 5.74) is 2.35. The first-order valence-electron chi connectivity index (χ1n) is 5.88. The maximum atomic E-state index is 10.3. The summed E-state index contributed by atoms with van der Waals surface area (Å²) in [6.45, 7) is 0. The van der Waals surface area contributed by atoms with Gasteiger partial charge in [0.25, 0.3) is 0 Å². The molecule has 1 aromatic carbocycles. The number of nitrogens with zero attached hydrogens (tertiary/aromatic N) is 2. The molecule has 3 rings (SSSR count). The van der Waals surface area contributed by atoms with Crippen molar-refractivity contribution in [2.75, 3.05) is 0 Å². The van der Waals surface area contributed by atoms with Gasteiger partial charge in [0.1, 0.15) is 11.3 Å². The molecule has 0 spiro atoms. The number of halogens is 1. The quantitative estimate of drug-likeness (QED) is 0.726. The number of para-hydroxylation sites is 1. The molecule has 3 aromatic rings. The van der Waals surface area contributed by atoms with Crippen molar-refractivity contribution in [2.24, 2.45) is 0 Å². The molecule has 0 saturated heterocycles. The minimum Gasteiger partial charge on any atom is -0.384 e. The molecule has 0 aliphatic heterocycles. The maximum Gasteiger partial charge on any atom is 0.129 e. The number of aromatic nitrogens is 2. The SMILES string of the molecule is OC(c1ccnc(Cl)c1)c1cnc2ccccc2c1. The Kier molecular flexibility index (Phi) is 3.15. The van der Waals surface area contributed by atoms with E-state index in [1.807, 2.05) is 30.3 Å². The van der Waals surface area contributed by atoms with Gasteiger partial charge in [-0.3, -0.25) is 4.98 Å². The molecule has 3 nitrogen and oxygen atoms in total. The Morgan fingerprint density at radius 1 is 1.00 bits per heavy atom. The average molecular weight is 271 g/mol. The van der Waals surface area contributed by atoms with Gasteiger partial charge in [0, 0.05) is 23.3 Å². The number of rotatable bonds is 2. The van der Waals surface area contributed by atoms with E-state index >= 15 is 0 Å². The molecule has 2 aromatic heterocycles. The molecule has 0 saturated carbocycles. The summed E-state index contributed by atoms with van der Waals surface area (Å²) >= 11 is 5.83. The van der Waals surface area contributed by atoms with Crippen LogP contribution in [0.5, 0.6) is 0 Å². The molecule has 0 fully saturated rings. The second kappa shape index (κ2) is 4.96. The monoisotopic (exact) mass is 270 g/mol. The fourth-order valence-corrected chi connectivity index (χ4v) is 2.20. The second-order valence-corrected chi connectivity index (χ2v) is 4.66. The van der Waals surface area contributed by atoms with E-state index in [2.05, 4.69) is 9.97 Å². The standard InChI is InChI=1S/C15H11ClN2O/c16-14-8-11(5-6-17-14)15(19)12-7-10-3-1-2-4-13(10)18-9-12/h1-9,15,19H. The Bertz CT molecular complexity index is 730. The van der Waals surface area contributed by atoms with Crippen molar-refractivity contribution in [1.29, 1.82) is 0 Å². The lowest BCUT2D eigenvalue weighted by atomic mass is 10.0. The van der Waals surface area contributed by atoms with Gasteiger partial charge in [-0.15, -0.1) is 0 Å². The highest BCUT2D eigenvalue weighted by Crippen LogP contribution is 2.24. The number of aliphatic hydroxyl groups is 1. The highest BCUT2D eigenvalue weighted by Gasteiger charge is 2.12. The lowest BCUT2D eigenvalue weighted by Gasteiger charge is -2.11. The van der Waals surface area contributed by atoms with Crippen molar-refractivity contribution in [2.45, 2.75) is 6.10 Å². The average Bonchev–Trinajstić information content (AvgIpc) is 2.46. The van der Waals surface area contributed by atoms with Gasteiger partial charge in [0.05, 0.1) is 5.52 Å². The van der Waals surface area contributed by atoms with Crippen molar-refractivity contribution in [3.05, 3.63) is 71.1 Å². The largest absolute Gasteiger partial charge is 0.384 e. The van der Waals surface area contributed by atoms with Crippen LogP contribution in [0.1, 0.15) is 17.2 Å². The van der Waals surface area contributed by atoms with E-state index < -0.39 is 6.10 Å². The summed E-state index contributed by atoms with van der Waals surface area (Å²) in [6, 6.07) is 13.1. The normalized spacial score (nSPS) is 12.5. The van der Waals surface area contributed by atoms with Crippen LogP contribution in [0.3, 0.4) is 0 Å².